The minimum atomic E-state index is -0.129. The van der Waals surface area contributed by atoms with Crippen LogP contribution in [0.25, 0.3) is 5.76 Å². The van der Waals surface area contributed by atoms with Crippen LogP contribution < -0.4 is 56.5 Å². The zero-order valence-corrected chi connectivity index (χ0v) is 9.13. The minimum Gasteiger partial charge on any atom is -0.872 e. The van der Waals surface area contributed by atoms with Crippen LogP contribution in [0.5, 0.6) is 0 Å². The molecule has 0 aliphatic heterocycles. The summed E-state index contributed by atoms with van der Waals surface area (Å²) in [5.74, 6) is -0.129. The van der Waals surface area contributed by atoms with Crippen LogP contribution in [-0.4, -0.2) is 0 Å². The minimum absolute atomic E-state index is 0. The van der Waals surface area contributed by atoms with E-state index in [0.29, 0.717) is 5.56 Å². The SMILES string of the molecule is C=C([O-])c1ccccc1.[K+]. The van der Waals surface area contributed by atoms with E-state index >= 15 is 0 Å². The molecule has 10 heavy (non-hydrogen) atoms. The molecule has 1 aromatic rings. The molecule has 0 aliphatic carbocycles. The Kier molecular flexibility index (Phi) is 5.30. The number of hydrogen-bond donors (Lipinski definition) is 0. The Labute approximate surface area is 103 Å². The van der Waals surface area contributed by atoms with E-state index in [1.54, 1.807) is 12.1 Å². The van der Waals surface area contributed by atoms with Crippen molar-refractivity contribution in [1.82, 2.24) is 0 Å². The summed E-state index contributed by atoms with van der Waals surface area (Å²) in [6.45, 7) is 3.27. The van der Waals surface area contributed by atoms with Gasteiger partial charge in [0.15, 0.2) is 0 Å². The largest absolute Gasteiger partial charge is 1.00 e. The summed E-state index contributed by atoms with van der Waals surface area (Å²) in [5, 5.41) is 10.5. The molecule has 0 fully saturated rings. The van der Waals surface area contributed by atoms with E-state index in [4.69, 9.17) is 0 Å². The second kappa shape index (κ2) is 5.10. The Hall–Kier alpha value is 0.396. The van der Waals surface area contributed by atoms with Crippen LogP contribution in [0, 0.1) is 0 Å². The Morgan fingerprint density at radius 1 is 1.20 bits per heavy atom. The zero-order valence-electron chi connectivity index (χ0n) is 6.00. The first-order valence-electron chi connectivity index (χ1n) is 2.72. The van der Waals surface area contributed by atoms with Gasteiger partial charge in [-0.2, -0.15) is 0 Å². The van der Waals surface area contributed by atoms with Gasteiger partial charge < -0.3 is 5.11 Å². The molecule has 2 heteroatoms. The third kappa shape index (κ3) is 2.99. The molecule has 0 spiro atoms. The molecular weight excluding hydrogens is 151 g/mol. The van der Waals surface area contributed by atoms with E-state index in [0.717, 1.165) is 0 Å². The van der Waals surface area contributed by atoms with Crippen molar-refractivity contribution < 1.29 is 56.5 Å². The van der Waals surface area contributed by atoms with Crippen molar-refractivity contribution >= 4 is 5.76 Å². The summed E-state index contributed by atoms with van der Waals surface area (Å²) in [7, 11) is 0. The molecule has 0 atom stereocenters. The van der Waals surface area contributed by atoms with E-state index in [1.165, 1.54) is 0 Å². The maximum absolute atomic E-state index is 10.5. The van der Waals surface area contributed by atoms with Gasteiger partial charge in [-0.3, -0.25) is 0 Å². The average molecular weight is 158 g/mol. The van der Waals surface area contributed by atoms with Gasteiger partial charge in [-0.05, 0) is 5.56 Å². The van der Waals surface area contributed by atoms with Crippen molar-refractivity contribution in [2.75, 3.05) is 0 Å². The van der Waals surface area contributed by atoms with Crippen molar-refractivity contribution in [2.24, 2.45) is 0 Å². The van der Waals surface area contributed by atoms with Gasteiger partial charge >= 0.3 is 51.4 Å². The zero-order chi connectivity index (χ0) is 6.69. The fourth-order valence-electron chi connectivity index (χ4n) is 0.624. The van der Waals surface area contributed by atoms with Crippen molar-refractivity contribution in [3.63, 3.8) is 0 Å². The van der Waals surface area contributed by atoms with Gasteiger partial charge in [0.05, 0.1) is 0 Å². The summed E-state index contributed by atoms with van der Waals surface area (Å²) in [4.78, 5) is 0. The standard InChI is InChI=1S/C8H8O.K/c1-7(9)8-5-3-2-4-6-8;/h2-6,9H,1H2;/q;+1/p-1. The van der Waals surface area contributed by atoms with Crippen LogP contribution >= 0.6 is 0 Å². The Balaban J connectivity index is 0.000000810. The van der Waals surface area contributed by atoms with Crippen LogP contribution in [0.2, 0.25) is 0 Å². The Bertz CT molecular complexity index is 206. The van der Waals surface area contributed by atoms with Crippen LogP contribution in [-0.2, 0) is 0 Å². The monoisotopic (exact) mass is 158 g/mol. The summed E-state index contributed by atoms with van der Waals surface area (Å²) in [6.07, 6.45) is 0. The summed E-state index contributed by atoms with van der Waals surface area (Å²) in [6, 6.07) is 8.99. The van der Waals surface area contributed by atoms with Gasteiger partial charge in [-0.1, -0.05) is 30.3 Å². The molecule has 0 radical (unpaired) electrons. The van der Waals surface area contributed by atoms with Gasteiger partial charge in [-0.15, -0.1) is 12.3 Å². The molecule has 0 saturated heterocycles. The molecule has 0 amide bonds. The van der Waals surface area contributed by atoms with Crippen molar-refractivity contribution in [3.8, 4) is 0 Å². The molecule has 0 heterocycles. The van der Waals surface area contributed by atoms with Gasteiger partial charge in [0.25, 0.3) is 0 Å². The third-order valence-electron chi connectivity index (χ3n) is 1.10. The molecular formula is C8H7KO. The van der Waals surface area contributed by atoms with Crippen LogP contribution in [0.3, 0.4) is 0 Å². The molecule has 0 aromatic heterocycles. The van der Waals surface area contributed by atoms with Crippen LogP contribution in [0.15, 0.2) is 36.9 Å². The quantitative estimate of drug-likeness (QED) is 0.343. The second-order valence-corrected chi connectivity index (χ2v) is 1.79. The molecule has 46 valence electrons. The van der Waals surface area contributed by atoms with Crippen LogP contribution in [0.1, 0.15) is 5.56 Å². The fourth-order valence-corrected chi connectivity index (χ4v) is 0.624. The molecule has 1 rings (SSSR count). The van der Waals surface area contributed by atoms with Crippen LogP contribution in [0.4, 0.5) is 0 Å². The molecule has 1 aromatic carbocycles. The maximum atomic E-state index is 10.5. The molecule has 0 N–H and O–H groups in total. The first-order chi connectivity index (χ1) is 4.30. The predicted octanol–water partition coefficient (Wildman–Crippen LogP) is -1.98. The van der Waals surface area contributed by atoms with E-state index < -0.39 is 0 Å². The van der Waals surface area contributed by atoms with E-state index in [1.807, 2.05) is 18.2 Å². The average Bonchev–Trinajstić information content (AvgIpc) is 1.90. The molecule has 0 bridgehead atoms. The maximum Gasteiger partial charge on any atom is 1.00 e. The predicted molar refractivity (Wildman–Crippen MR) is 35.5 cm³/mol. The number of hydrogen-bond acceptors (Lipinski definition) is 1. The molecule has 0 aliphatic rings. The van der Waals surface area contributed by atoms with Gasteiger partial charge in [0.1, 0.15) is 0 Å². The Morgan fingerprint density at radius 3 is 2.00 bits per heavy atom. The van der Waals surface area contributed by atoms with E-state index in [-0.39, 0.29) is 57.1 Å². The first kappa shape index (κ1) is 10.4. The van der Waals surface area contributed by atoms with E-state index in [9.17, 15) is 5.11 Å². The molecule has 0 saturated carbocycles. The third-order valence-corrected chi connectivity index (χ3v) is 1.10. The number of rotatable bonds is 1. The summed E-state index contributed by atoms with van der Waals surface area (Å²) < 4.78 is 0. The first-order valence-corrected chi connectivity index (χ1v) is 2.72. The van der Waals surface area contributed by atoms with Crippen molar-refractivity contribution in [2.45, 2.75) is 0 Å². The summed E-state index contributed by atoms with van der Waals surface area (Å²) >= 11 is 0. The molecule has 1 nitrogen and oxygen atoms in total. The second-order valence-electron chi connectivity index (χ2n) is 1.79. The smallest absolute Gasteiger partial charge is 0.872 e. The Morgan fingerprint density at radius 2 is 1.70 bits per heavy atom. The van der Waals surface area contributed by atoms with E-state index in [2.05, 4.69) is 6.58 Å². The van der Waals surface area contributed by atoms with Gasteiger partial charge in [0, 0.05) is 0 Å². The number of benzene rings is 1. The van der Waals surface area contributed by atoms with Crippen molar-refractivity contribution in [1.29, 1.82) is 0 Å². The normalized spacial score (nSPS) is 8.00. The topological polar surface area (TPSA) is 23.1 Å². The summed E-state index contributed by atoms with van der Waals surface area (Å²) in [5.41, 5.74) is 0.664. The van der Waals surface area contributed by atoms with Gasteiger partial charge in [-0.25, -0.2) is 0 Å². The van der Waals surface area contributed by atoms with Crippen molar-refractivity contribution in [3.05, 3.63) is 42.5 Å². The van der Waals surface area contributed by atoms with Gasteiger partial charge in [0.2, 0.25) is 0 Å². The molecule has 0 unspecified atom stereocenters. The fraction of sp³-hybridized carbons (Fsp3) is 0.